The van der Waals surface area contributed by atoms with E-state index >= 15 is 4.39 Å². The molecule has 0 saturated carbocycles. The monoisotopic (exact) mass is 480 g/mol. The average Bonchev–Trinajstić information content (AvgIpc) is 2.84. The fourth-order valence-electron chi connectivity index (χ4n) is 5.36. The first kappa shape index (κ1) is 23.7. The number of Topliss-reactive ketones (excluding diaryl/α,β-unsaturated/α-hetero) is 1. The summed E-state index contributed by atoms with van der Waals surface area (Å²) in [5.74, 6) is -1.54. The molecule has 1 heterocycles. The number of anilines is 1. The van der Waals surface area contributed by atoms with Gasteiger partial charge >= 0.3 is 0 Å². The Kier molecular flexibility index (Phi) is 5.87. The van der Waals surface area contributed by atoms with E-state index in [1.54, 1.807) is 47.4 Å². The predicted molar refractivity (Wildman–Crippen MR) is 142 cm³/mol. The number of hydrogen-bond donors (Lipinski definition) is 2. The Bertz CT molecular complexity index is 1420. The van der Waals surface area contributed by atoms with Crippen molar-refractivity contribution in [3.63, 3.8) is 0 Å². The highest BCUT2D eigenvalue weighted by atomic mass is 19.1. The van der Waals surface area contributed by atoms with E-state index in [9.17, 15) is 15.3 Å². The molecule has 5 heteroatoms. The summed E-state index contributed by atoms with van der Waals surface area (Å²) in [7, 11) is 0. The van der Waals surface area contributed by atoms with Crippen molar-refractivity contribution < 1.29 is 14.3 Å². The molecule has 1 aliphatic carbocycles. The number of ketones is 1. The minimum absolute atomic E-state index is 0.0395. The van der Waals surface area contributed by atoms with Gasteiger partial charge in [-0.05, 0) is 37.0 Å². The average molecular weight is 481 g/mol. The molecule has 3 aromatic rings. The van der Waals surface area contributed by atoms with Gasteiger partial charge in [0.2, 0.25) is 0 Å². The molecule has 1 atom stereocenters. The van der Waals surface area contributed by atoms with Crippen LogP contribution in [0.15, 0.2) is 95.7 Å². The van der Waals surface area contributed by atoms with Gasteiger partial charge in [-0.25, -0.2) is 4.39 Å². The zero-order valence-electron chi connectivity index (χ0n) is 20.7. The van der Waals surface area contributed by atoms with E-state index < -0.39 is 11.7 Å². The molecule has 1 aliphatic heterocycles. The van der Waals surface area contributed by atoms with Crippen LogP contribution < -0.4 is 4.90 Å². The summed E-state index contributed by atoms with van der Waals surface area (Å²) in [5, 5.41) is 21.0. The fourth-order valence-corrected chi connectivity index (χ4v) is 5.36. The Morgan fingerprint density at radius 1 is 0.972 bits per heavy atom. The van der Waals surface area contributed by atoms with Crippen LogP contribution in [0.1, 0.15) is 49.3 Å². The number of halogens is 1. The zero-order chi connectivity index (χ0) is 25.6. The Labute approximate surface area is 210 Å². The SMILES string of the molecule is Cc1ccc(N2C(=N)/C(=C(/O)c3ccccc3)C(c3ccccc3F)C3=C2CC(C)(C)CC3=O)cc1. The summed E-state index contributed by atoms with van der Waals surface area (Å²) in [6.07, 6.45) is 0.861. The quantitative estimate of drug-likeness (QED) is 0.386. The molecular weight excluding hydrogens is 451 g/mol. The third-order valence-electron chi connectivity index (χ3n) is 7.03. The standard InChI is InChI=1S/C31H29FN2O2/c1-19-13-15-21(16-14-19)34-24-17-31(2,3)18-25(35)27(24)26(22-11-7-8-12-23(22)32)28(30(34)33)29(36)20-9-5-4-6-10-20/h4-16,26,33,36H,17-18H2,1-3H3/b29-28+,33-30?. The lowest BCUT2D eigenvalue weighted by Gasteiger charge is -2.45. The van der Waals surface area contributed by atoms with E-state index in [1.807, 2.05) is 51.1 Å². The number of carbonyl (C=O) groups is 1. The highest BCUT2D eigenvalue weighted by Crippen LogP contribution is 2.51. The van der Waals surface area contributed by atoms with Crippen LogP contribution in [0.2, 0.25) is 0 Å². The highest BCUT2D eigenvalue weighted by Gasteiger charge is 2.47. The van der Waals surface area contributed by atoms with Gasteiger partial charge in [-0.15, -0.1) is 0 Å². The van der Waals surface area contributed by atoms with Crippen LogP contribution in [0.25, 0.3) is 5.76 Å². The van der Waals surface area contributed by atoms with E-state index in [0.29, 0.717) is 29.7 Å². The maximum absolute atomic E-state index is 15.3. The van der Waals surface area contributed by atoms with Gasteiger partial charge in [-0.2, -0.15) is 0 Å². The molecule has 36 heavy (non-hydrogen) atoms. The number of aryl methyl sites for hydroxylation is 1. The molecule has 0 spiro atoms. The van der Waals surface area contributed by atoms with Crippen molar-refractivity contribution >= 4 is 23.1 Å². The van der Waals surface area contributed by atoms with Crippen molar-refractivity contribution in [1.29, 1.82) is 5.41 Å². The molecular formula is C31H29FN2O2. The Morgan fingerprint density at radius 3 is 2.28 bits per heavy atom. The van der Waals surface area contributed by atoms with Gasteiger partial charge in [0.1, 0.15) is 17.4 Å². The number of allylic oxidation sites excluding steroid dienone is 2. The molecule has 1 unspecified atom stereocenters. The summed E-state index contributed by atoms with van der Waals surface area (Å²) >= 11 is 0. The van der Waals surface area contributed by atoms with Crippen LogP contribution in [-0.2, 0) is 4.79 Å². The first-order chi connectivity index (χ1) is 17.2. The number of nitrogens with one attached hydrogen (secondary N) is 1. The minimum Gasteiger partial charge on any atom is -0.507 e. The number of aliphatic hydroxyl groups is 1. The number of carbonyl (C=O) groups excluding carboxylic acids is 1. The molecule has 0 aromatic heterocycles. The fraction of sp³-hybridized carbons (Fsp3) is 0.226. The topological polar surface area (TPSA) is 64.4 Å². The maximum Gasteiger partial charge on any atom is 0.162 e. The zero-order valence-corrected chi connectivity index (χ0v) is 20.7. The smallest absolute Gasteiger partial charge is 0.162 e. The molecule has 3 aromatic carbocycles. The minimum atomic E-state index is -0.890. The second-order valence-corrected chi connectivity index (χ2v) is 10.4. The Hall–Kier alpha value is -3.99. The molecule has 182 valence electrons. The number of benzene rings is 3. The van der Waals surface area contributed by atoms with Crippen LogP contribution in [0.4, 0.5) is 10.1 Å². The molecule has 0 radical (unpaired) electrons. The van der Waals surface area contributed by atoms with Crippen LogP contribution in [0, 0.1) is 23.6 Å². The highest BCUT2D eigenvalue weighted by molar-refractivity contribution is 6.19. The number of amidine groups is 1. The summed E-state index contributed by atoms with van der Waals surface area (Å²) < 4.78 is 15.3. The molecule has 2 aliphatic rings. The van der Waals surface area contributed by atoms with Gasteiger partial charge in [0.25, 0.3) is 0 Å². The third-order valence-corrected chi connectivity index (χ3v) is 7.03. The van der Waals surface area contributed by atoms with Crippen molar-refractivity contribution in [3.05, 3.63) is 118 Å². The van der Waals surface area contributed by atoms with Crippen molar-refractivity contribution in [2.45, 2.75) is 39.5 Å². The van der Waals surface area contributed by atoms with Gasteiger partial charge in [-0.3, -0.25) is 15.1 Å². The maximum atomic E-state index is 15.3. The summed E-state index contributed by atoms with van der Waals surface area (Å²) in [6.45, 7) is 6.07. The van der Waals surface area contributed by atoms with E-state index in [1.165, 1.54) is 6.07 Å². The lowest BCUT2D eigenvalue weighted by atomic mass is 9.67. The second kappa shape index (κ2) is 8.90. The molecule has 2 N–H and O–H groups in total. The number of aliphatic hydroxyl groups excluding tert-OH is 1. The summed E-state index contributed by atoms with van der Waals surface area (Å²) in [4.78, 5) is 15.6. The molecule has 0 fully saturated rings. The van der Waals surface area contributed by atoms with Crippen LogP contribution in [0.5, 0.6) is 0 Å². The largest absolute Gasteiger partial charge is 0.507 e. The van der Waals surface area contributed by atoms with Crippen molar-refractivity contribution in [3.8, 4) is 0 Å². The van der Waals surface area contributed by atoms with E-state index in [4.69, 9.17) is 0 Å². The first-order valence-corrected chi connectivity index (χ1v) is 12.1. The van der Waals surface area contributed by atoms with Crippen LogP contribution in [0.3, 0.4) is 0 Å². The van der Waals surface area contributed by atoms with Gasteiger partial charge in [0.15, 0.2) is 5.78 Å². The summed E-state index contributed by atoms with van der Waals surface area (Å²) in [5.41, 5.74) is 3.65. The van der Waals surface area contributed by atoms with Gasteiger partial charge in [0.05, 0.1) is 0 Å². The van der Waals surface area contributed by atoms with Crippen LogP contribution >= 0.6 is 0 Å². The van der Waals surface area contributed by atoms with Gasteiger partial charge < -0.3 is 5.11 Å². The number of hydrogen-bond acceptors (Lipinski definition) is 3. The van der Waals surface area contributed by atoms with Crippen molar-refractivity contribution in [2.24, 2.45) is 5.41 Å². The molecule has 0 saturated heterocycles. The van der Waals surface area contributed by atoms with Gasteiger partial charge in [-0.1, -0.05) is 80.1 Å². The lowest BCUT2D eigenvalue weighted by molar-refractivity contribution is -0.118. The van der Waals surface area contributed by atoms with Crippen molar-refractivity contribution in [1.82, 2.24) is 0 Å². The van der Waals surface area contributed by atoms with Crippen molar-refractivity contribution in [2.75, 3.05) is 4.90 Å². The van der Waals surface area contributed by atoms with E-state index in [2.05, 4.69) is 0 Å². The Morgan fingerprint density at radius 2 is 1.61 bits per heavy atom. The molecule has 0 bridgehead atoms. The van der Waals surface area contributed by atoms with Crippen LogP contribution in [-0.4, -0.2) is 16.7 Å². The molecule has 4 nitrogen and oxygen atoms in total. The molecule has 5 rings (SSSR count). The third kappa shape index (κ3) is 4.05. The normalized spacial score (nSPS) is 20.9. The molecule has 0 amide bonds. The second-order valence-electron chi connectivity index (χ2n) is 10.4. The van der Waals surface area contributed by atoms with Gasteiger partial charge in [0, 0.05) is 46.0 Å². The number of rotatable bonds is 3. The van der Waals surface area contributed by atoms with E-state index in [-0.39, 0.29) is 33.9 Å². The number of nitrogens with zero attached hydrogens (tertiary/aromatic N) is 1. The first-order valence-electron chi connectivity index (χ1n) is 12.1. The summed E-state index contributed by atoms with van der Waals surface area (Å²) in [6, 6.07) is 23.0. The Balaban J connectivity index is 1.87. The predicted octanol–water partition coefficient (Wildman–Crippen LogP) is 7.33. The lowest BCUT2D eigenvalue weighted by Crippen LogP contribution is -2.45. The van der Waals surface area contributed by atoms with E-state index in [0.717, 1.165) is 11.3 Å².